The second-order valence-electron chi connectivity index (χ2n) is 5.48. The van der Waals surface area contributed by atoms with Crippen molar-refractivity contribution in [3.63, 3.8) is 0 Å². The Morgan fingerprint density at radius 1 is 1.50 bits per heavy atom. The van der Waals surface area contributed by atoms with Gasteiger partial charge in [0.15, 0.2) is 0 Å². The summed E-state index contributed by atoms with van der Waals surface area (Å²) in [6.07, 6.45) is 6.45. The van der Waals surface area contributed by atoms with Crippen molar-refractivity contribution in [2.45, 2.75) is 45.9 Å². The lowest BCUT2D eigenvalue weighted by molar-refractivity contribution is 0.0997. The standard InChI is InChI=1S/C17H25N3O2/c1-4-8-20-11-15(14(3)18-20)10-19(16(5-2)13-21)12-17-7-6-9-22-17/h4,6-7,9,11,16,21H,1,5,8,10,12-13H2,2-3H3. The number of allylic oxidation sites excluding steroid dienone is 1. The van der Waals surface area contributed by atoms with Gasteiger partial charge in [-0.15, -0.1) is 6.58 Å². The van der Waals surface area contributed by atoms with E-state index in [0.717, 1.165) is 24.4 Å². The van der Waals surface area contributed by atoms with Crippen LogP contribution in [0.15, 0.2) is 41.7 Å². The molecule has 0 aliphatic carbocycles. The van der Waals surface area contributed by atoms with Gasteiger partial charge in [0.2, 0.25) is 0 Å². The van der Waals surface area contributed by atoms with Gasteiger partial charge in [-0.2, -0.15) is 5.10 Å². The Hall–Kier alpha value is -1.85. The van der Waals surface area contributed by atoms with Crippen molar-refractivity contribution in [2.24, 2.45) is 0 Å². The summed E-state index contributed by atoms with van der Waals surface area (Å²) in [5.41, 5.74) is 2.18. The summed E-state index contributed by atoms with van der Waals surface area (Å²) in [6.45, 7) is 10.1. The normalized spacial score (nSPS) is 12.7. The SMILES string of the molecule is C=CCn1cc(CN(Cc2ccco2)C(CC)CO)c(C)n1. The topological polar surface area (TPSA) is 54.4 Å². The second-order valence-corrected chi connectivity index (χ2v) is 5.48. The number of aliphatic hydroxyl groups excluding tert-OH is 1. The number of hydrogen-bond donors (Lipinski definition) is 1. The lowest BCUT2D eigenvalue weighted by Gasteiger charge is -2.28. The fourth-order valence-electron chi connectivity index (χ4n) is 2.58. The third kappa shape index (κ3) is 4.08. The largest absolute Gasteiger partial charge is 0.468 e. The molecule has 1 unspecified atom stereocenters. The van der Waals surface area contributed by atoms with E-state index >= 15 is 0 Å². The smallest absolute Gasteiger partial charge is 0.117 e. The molecule has 2 aromatic rings. The highest BCUT2D eigenvalue weighted by Gasteiger charge is 2.19. The van der Waals surface area contributed by atoms with Gasteiger partial charge in [0, 0.05) is 24.3 Å². The molecule has 0 aliphatic heterocycles. The maximum absolute atomic E-state index is 9.66. The molecule has 1 atom stereocenters. The van der Waals surface area contributed by atoms with Crippen molar-refractivity contribution in [3.05, 3.63) is 54.3 Å². The summed E-state index contributed by atoms with van der Waals surface area (Å²) in [5, 5.41) is 14.1. The lowest BCUT2D eigenvalue weighted by Crippen LogP contribution is -2.36. The van der Waals surface area contributed by atoms with Gasteiger partial charge in [0.1, 0.15) is 5.76 Å². The molecular formula is C17H25N3O2. The van der Waals surface area contributed by atoms with Crippen LogP contribution in [0.5, 0.6) is 0 Å². The molecule has 0 radical (unpaired) electrons. The predicted octanol–water partition coefficient (Wildman–Crippen LogP) is 2.74. The summed E-state index contributed by atoms with van der Waals surface area (Å²) in [4.78, 5) is 2.24. The Bertz CT molecular complexity index is 571. The van der Waals surface area contributed by atoms with Gasteiger partial charge in [-0.05, 0) is 25.5 Å². The molecule has 0 fully saturated rings. The van der Waals surface area contributed by atoms with Gasteiger partial charge in [-0.3, -0.25) is 9.58 Å². The summed E-state index contributed by atoms with van der Waals surface area (Å²) in [5.74, 6) is 0.906. The first kappa shape index (κ1) is 16.5. The molecule has 2 heterocycles. The van der Waals surface area contributed by atoms with E-state index in [4.69, 9.17) is 4.42 Å². The zero-order valence-corrected chi connectivity index (χ0v) is 13.4. The lowest BCUT2D eigenvalue weighted by atomic mass is 10.1. The average Bonchev–Trinajstić information content (AvgIpc) is 3.11. The molecule has 0 aromatic carbocycles. The third-order valence-electron chi connectivity index (χ3n) is 3.88. The van der Waals surface area contributed by atoms with Crippen LogP contribution in [0.4, 0.5) is 0 Å². The summed E-state index contributed by atoms with van der Waals surface area (Å²) < 4.78 is 7.35. The molecule has 22 heavy (non-hydrogen) atoms. The Balaban J connectivity index is 2.16. The van der Waals surface area contributed by atoms with E-state index < -0.39 is 0 Å². The summed E-state index contributed by atoms with van der Waals surface area (Å²) in [7, 11) is 0. The zero-order chi connectivity index (χ0) is 15.9. The van der Waals surface area contributed by atoms with E-state index in [1.54, 1.807) is 6.26 Å². The minimum Gasteiger partial charge on any atom is -0.468 e. The maximum atomic E-state index is 9.66. The number of aliphatic hydroxyl groups is 1. The molecule has 5 heteroatoms. The Morgan fingerprint density at radius 2 is 2.32 bits per heavy atom. The van der Waals surface area contributed by atoms with Gasteiger partial charge in [0.05, 0.1) is 31.7 Å². The first-order valence-corrected chi connectivity index (χ1v) is 7.69. The summed E-state index contributed by atoms with van der Waals surface area (Å²) >= 11 is 0. The van der Waals surface area contributed by atoms with Gasteiger partial charge >= 0.3 is 0 Å². The van der Waals surface area contributed by atoms with E-state index in [-0.39, 0.29) is 12.6 Å². The van der Waals surface area contributed by atoms with E-state index in [1.807, 2.05) is 29.8 Å². The van der Waals surface area contributed by atoms with Crippen molar-refractivity contribution < 1.29 is 9.52 Å². The predicted molar refractivity (Wildman–Crippen MR) is 86.3 cm³/mol. The quantitative estimate of drug-likeness (QED) is 0.724. The highest BCUT2D eigenvalue weighted by atomic mass is 16.3. The molecule has 120 valence electrons. The van der Waals surface area contributed by atoms with Gasteiger partial charge in [-0.25, -0.2) is 0 Å². The van der Waals surface area contributed by atoms with Crippen LogP contribution < -0.4 is 0 Å². The van der Waals surface area contributed by atoms with Crippen LogP contribution in [0.25, 0.3) is 0 Å². The maximum Gasteiger partial charge on any atom is 0.117 e. The minimum atomic E-state index is 0.104. The van der Waals surface area contributed by atoms with Crippen LogP contribution in [0.3, 0.4) is 0 Å². The minimum absolute atomic E-state index is 0.104. The monoisotopic (exact) mass is 303 g/mol. The van der Waals surface area contributed by atoms with E-state index in [1.165, 1.54) is 5.56 Å². The Kier molecular flexibility index (Phi) is 5.98. The number of aryl methyl sites for hydroxylation is 1. The van der Waals surface area contributed by atoms with Gasteiger partial charge in [-0.1, -0.05) is 13.0 Å². The van der Waals surface area contributed by atoms with Crippen molar-refractivity contribution in [2.75, 3.05) is 6.61 Å². The van der Waals surface area contributed by atoms with Gasteiger partial charge in [0.25, 0.3) is 0 Å². The van der Waals surface area contributed by atoms with Crippen LogP contribution >= 0.6 is 0 Å². The molecule has 0 bridgehead atoms. The van der Waals surface area contributed by atoms with E-state index in [2.05, 4.69) is 29.7 Å². The van der Waals surface area contributed by atoms with Crippen LogP contribution in [-0.4, -0.2) is 32.4 Å². The third-order valence-corrected chi connectivity index (χ3v) is 3.88. The second kappa shape index (κ2) is 7.96. The molecule has 2 aromatic heterocycles. The number of aromatic nitrogens is 2. The highest BCUT2D eigenvalue weighted by molar-refractivity contribution is 5.16. The molecule has 0 amide bonds. The van der Waals surface area contributed by atoms with E-state index in [0.29, 0.717) is 13.1 Å². The molecule has 0 saturated carbocycles. The van der Waals surface area contributed by atoms with Crippen LogP contribution in [0.1, 0.15) is 30.4 Å². The van der Waals surface area contributed by atoms with Crippen LogP contribution in [0.2, 0.25) is 0 Å². The Morgan fingerprint density at radius 3 is 2.91 bits per heavy atom. The Labute approximate surface area is 131 Å². The molecular weight excluding hydrogens is 278 g/mol. The first-order chi connectivity index (χ1) is 10.7. The van der Waals surface area contributed by atoms with Crippen LogP contribution in [-0.2, 0) is 19.6 Å². The molecule has 2 rings (SSSR count). The van der Waals surface area contributed by atoms with E-state index in [9.17, 15) is 5.11 Å². The zero-order valence-electron chi connectivity index (χ0n) is 13.4. The molecule has 0 spiro atoms. The molecule has 0 saturated heterocycles. The number of hydrogen-bond acceptors (Lipinski definition) is 4. The van der Waals surface area contributed by atoms with Crippen molar-refractivity contribution in [3.8, 4) is 0 Å². The fraction of sp³-hybridized carbons (Fsp3) is 0.471. The van der Waals surface area contributed by atoms with Crippen molar-refractivity contribution in [1.82, 2.24) is 14.7 Å². The van der Waals surface area contributed by atoms with Crippen LogP contribution in [0, 0.1) is 6.92 Å². The fourth-order valence-corrected chi connectivity index (χ4v) is 2.58. The number of rotatable bonds is 9. The molecule has 1 N–H and O–H groups in total. The summed E-state index contributed by atoms with van der Waals surface area (Å²) in [6, 6.07) is 3.96. The highest BCUT2D eigenvalue weighted by Crippen LogP contribution is 2.17. The number of nitrogens with zero attached hydrogens (tertiary/aromatic N) is 3. The molecule has 0 aliphatic rings. The number of furan rings is 1. The molecule has 5 nitrogen and oxygen atoms in total. The first-order valence-electron chi connectivity index (χ1n) is 7.69. The van der Waals surface area contributed by atoms with Gasteiger partial charge < -0.3 is 9.52 Å². The van der Waals surface area contributed by atoms with Crippen molar-refractivity contribution >= 4 is 0 Å². The van der Waals surface area contributed by atoms with Crippen molar-refractivity contribution in [1.29, 1.82) is 0 Å². The average molecular weight is 303 g/mol.